The summed E-state index contributed by atoms with van der Waals surface area (Å²) in [6.45, 7) is 4.64. The highest BCUT2D eigenvalue weighted by Gasteiger charge is 2.31. The van der Waals surface area contributed by atoms with Crippen LogP contribution in [0.25, 0.3) is 11.4 Å². The lowest BCUT2D eigenvalue weighted by atomic mass is 9.75. The van der Waals surface area contributed by atoms with Crippen molar-refractivity contribution in [1.82, 2.24) is 20.2 Å². The van der Waals surface area contributed by atoms with Crippen LogP contribution in [0.4, 0.5) is 5.69 Å². The molecule has 6 heteroatoms. The van der Waals surface area contributed by atoms with E-state index in [4.69, 9.17) is 5.73 Å². The molecule has 0 amide bonds. The van der Waals surface area contributed by atoms with E-state index >= 15 is 0 Å². The van der Waals surface area contributed by atoms with Crippen molar-refractivity contribution in [1.29, 1.82) is 0 Å². The Balaban J connectivity index is 1.99. The Morgan fingerprint density at radius 2 is 2.19 bits per heavy atom. The highest BCUT2D eigenvalue weighted by molar-refractivity contribution is 9.10. The molecule has 2 aromatic rings. The van der Waals surface area contributed by atoms with Gasteiger partial charge in [0.25, 0.3) is 0 Å². The third-order valence-electron chi connectivity index (χ3n) is 4.25. The highest BCUT2D eigenvalue weighted by Crippen LogP contribution is 2.42. The van der Waals surface area contributed by atoms with Gasteiger partial charge in [-0.05, 0) is 53.3 Å². The second-order valence-electron chi connectivity index (χ2n) is 6.60. The lowest BCUT2D eigenvalue weighted by Crippen LogP contribution is -2.26. The molecule has 1 atom stereocenters. The van der Waals surface area contributed by atoms with Gasteiger partial charge in [-0.2, -0.15) is 0 Å². The Hall–Kier alpha value is -1.43. The van der Waals surface area contributed by atoms with E-state index in [1.54, 1.807) is 0 Å². The van der Waals surface area contributed by atoms with E-state index < -0.39 is 0 Å². The van der Waals surface area contributed by atoms with Crippen molar-refractivity contribution < 1.29 is 0 Å². The van der Waals surface area contributed by atoms with Crippen LogP contribution in [0.1, 0.15) is 45.6 Å². The molecule has 21 heavy (non-hydrogen) atoms. The number of aromatic nitrogens is 4. The first-order valence-corrected chi connectivity index (χ1v) is 8.09. The topological polar surface area (TPSA) is 69.6 Å². The summed E-state index contributed by atoms with van der Waals surface area (Å²) in [6.07, 6.45) is 4.71. The minimum Gasteiger partial charge on any atom is -0.399 e. The van der Waals surface area contributed by atoms with Crippen molar-refractivity contribution in [3.63, 3.8) is 0 Å². The zero-order valence-electron chi connectivity index (χ0n) is 12.4. The number of nitrogen functional groups attached to an aromatic ring is 1. The number of tetrazole rings is 1. The maximum absolute atomic E-state index is 5.91. The number of anilines is 1. The number of nitrogens with zero attached hydrogens (tertiary/aromatic N) is 4. The van der Waals surface area contributed by atoms with Gasteiger partial charge in [-0.3, -0.25) is 0 Å². The standard InChI is InChI=1S/C15H20BrN5/c1-15(2)7-3-4-11(9-15)21-14(18-19-20-21)12-8-10(17)5-6-13(12)16/h5-6,8,11H,3-4,7,9,17H2,1-2H3. The summed E-state index contributed by atoms with van der Waals surface area (Å²) >= 11 is 3.57. The molecule has 1 fully saturated rings. The molecule has 0 radical (unpaired) electrons. The third-order valence-corrected chi connectivity index (χ3v) is 4.94. The van der Waals surface area contributed by atoms with E-state index in [1.165, 1.54) is 12.8 Å². The first-order chi connectivity index (χ1) is 9.96. The van der Waals surface area contributed by atoms with Gasteiger partial charge in [-0.1, -0.05) is 36.2 Å². The van der Waals surface area contributed by atoms with Crippen LogP contribution in [0.2, 0.25) is 0 Å². The van der Waals surface area contributed by atoms with E-state index in [1.807, 2.05) is 22.9 Å². The lowest BCUT2D eigenvalue weighted by Gasteiger charge is -2.35. The molecule has 1 aromatic heterocycles. The van der Waals surface area contributed by atoms with Gasteiger partial charge in [0.15, 0.2) is 5.82 Å². The maximum Gasteiger partial charge on any atom is 0.183 e. The van der Waals surface area contributed by atoms with Crippen LogP contribution in [-0.2, 0) is 0 Å². The van der Waals surface area contributed by atoms with Gasteiger partial charge in [0.05, 0.1) is 6.04 Å². The molecule has 2 N–H and O–H groups in total. The number of rotatable bonds is 2. The van der Waals surface area contributed by atoms with Crippen LogP contribution in [0, 0.1) is 5.41 Å². The van der Waals surface area contributed by atoms with Gasteiger partial charge in [0.1, 0.15) is 0 Å². The normalized spacial score (nSPS) is 21.4. The third kappa shape index (κ3) is 2.95. The van der Waals surface area contributed by atoms with Gasteiger partial charge in [0.2, 0.25) is 0 Å². The van der Waals surface area contributed by atoms with Crippen LogP contribution < -0.4 is 5.73 Å². The Morgan fingerprint density at radius 1 is 1.38 bits per heavy atom. The summed E-state index contributed by atoms with van der Waals surface area (Å²) in [5, 5.41) is 12.4. The second kappa shape index (κ2) is 5.40. The first-order valence-electron chi connectivity index (χ1n) is 7.29. The molecule has 1 aliphatic carbocycles. The van der Waals surface area contributed by atoms with Crippen molar-refractivity contribution in [3.8, 4) is 11.4 Å². The van der Waals surface area contributed by atoms with E-state index in [0.717, 1.165) is 28.7 Å². The largest absolute Gasteiger partial charge is 0.399 e. The van der Waals surface area contributed by atoms with Crippen LogP contribution in [0.5, 0.6) is 0 Å². The minimum atomic E-state index is 0.346. The van der Waals surface area contributed by atoms with Crippen molar-refractivity contribution >= 4 is 21.6 Å². The van der Waals surface area contributed by atoms with E-state index in [-0.39, 0.29) is 0 Å². The van der Waals surface area contributed by atoms with Crippen molar-refractivity contribution in [3.05, 3.63) is 22.7 Å². The van der Waals surface area contributed by atoms with Crippen molar-refractivity contribution in [2.75, 3.05) is 5.73 Å². The molecular formula is C15H20BrN5. The fourth-order valence-corrected chi connectivity index (χ4v) is 3.62. The van der Waals surface area contributed by atoms with Gasteiger partial charge in [0, 0.05) is 15.7 Å². The van der Waals surface area contributed by atoms with Crippen LogP contribution >= 0.6 is 15.9 Å². The molecule has 1 heterocycles. The molecular weight excluding hydrogens is 330 g/mol. The summed E-state index contributed by atoms with van der Waals surface area (Å²) in [4.78, 5) is 0. The molecule has 1 saturated carbocycles. The number of hydrogen-bond donors (Lipinski definition) is 1. The predicted molar refractivity (Wildman–Crippen MR) is 86.7 cm³/mol. The van der Waals surface area contributed by atoms with E-state index in [0.29, 0.717) is 17.1 Å². The molecule has 1 aromatic carbocycles. The summed E-state index contributed by atoms with van der Waals surface area (Å²) < 4.78 is 2.93. The van der Waals surface area contributed by atoms with Gasteiger partial charge in [-0.15, -0.1) is 5.10 Å². The molecule has 3 rings (SSSR count). The molecule has 0 bridgehead atoms. The minimum absolute atomic E-state index is 0.346. The van der Waals surface area contributed by atoms with Crippen molar-refractivity contribution in [2.45, 2.75) is 45.6 Å². The molecule has 0 aliphatic heterocycles. The Kier molecular flexibility index (Phi) is 3.73. The average Bonchev–Trinajstić information content (AvgIpc) is 2.89. The average molecular weight is 350 g/mol. The molecule has 1 unspecified atom stereocenters. The highest BCUT2D eigenvalue weighted by atomic mass is 79.9. The molecule has 112 valence electrons. The fraction of sp³-hybridized carbons (Fsp3) is 0.533. The Morgan fingerprint density at radius 3 is 2.95 bits per heavy atom. The van der Waals surface area contributed by atoms with E-state index in [9.17, 15) is 0 Å². The monoisotopic (exact) mass is 349 g/mol. The van der Waals surface area contributed by atoms with E-state index in [2.05, 4.69) is 45.3 Å². The number of hydrogen-bond acceptors (Lipinski definition) is 4. The molecule has 0 spiro atoms. The van der Waals surface area contributed by atoms with Crippen LogP contribution in [0.3, 0.4) is 0 Å². The smallest absolute Gasteiger partial charge is 0.183 e. The lowest BCUT2D eigenvalue weighted by molar-refractivity contribution is 0.174. The predicted octanol–water partition coefficient (Wildman–Crippen LogP) is 3.83. The quantitative estimate of drug-likeness (QED) is 0.836. The summed E-state index contributed by atoms with van der Waals surface area (Å²) in [7, 11) is 0. The summed E-state index contributed by atoms with van der Waals surface area (Å²) in [5.41, 5.74) is 7.91. The SMILES string of the molecule is CC1(C)CCCC(n2nnnc2-c2cc(N)ccc2Br)C1. The van der Waals surface area contributed by atoms with Gasteiger partial charge in [-0.25, -0.2) is 4.68 Å². The first kappa shape index (κ1) is 14.5. The Labute approximate surface area is 133 Å². The van der Waals surface area contributed by atoms with Crippen LogP contribution in [-0.4, -0.2) is 20.2 Å². The fourth-order valence-electron chi connectivity index (χ4n) is 3.20. The number of benzene rings is 1. The maximum atomic E-state index is 5.91. The van der Waals surface area contributed by atoms with Gasteiger partial charge >= 0.3 is 0 Å². The summed E-state index contributed by atoms with van der Waals surface area (Å²) in [6, 6.07) is 6.08. The second-order valence-corrected chi connectivity index (χ2v) is 7.46. The Bertz CT molecular complexity index is 649. The van der Waals surface area contributed by atoms with Gasteiger partial charge < -0.3 is 5.73 Å². The zero-order chi connectivity index (χ0) is 15.0. The number of nitrogens with two attached hydrogens (primary N) is 1. The molecule has 5 nitrogen and oxygen atoms in total. The van der Waals surface area contributed by atoms with Crippen LogP contribution in [0.15, 0.2) is 22.7 Å². The van der Waals surface area contributed by atoms with Crippen molar-refractivity contribution in [2.24, 2.45) is 5.41 Å². The molecule has 0 saturated heterocycles. The molecule has 1 aliphatic rings. The zero-order valence-corrected chi connectivity index (χ0v) is 14.0. The number of halogens is 1. The summed E-state index contributed by atoms with van der Waals surface area (Å²) in [5.74, 6) is 0.789.